The van der Waals surface area contributed by atoms with Gasteiger partial charge in [0, 0.05) is 24.3 Å². The van der Waals surface area contributed by atoms with Crippen molar-refractivity contribution in [1.29, 1.82) is 0 Å². The number of fused-ring (bicyclic) bond motifs is 1. The summed E-state index contributed by atoms with van der Waals surface area (Å²) in [5, 5.41) is 5.17. The van der Waals surface area contributed by atoms with E-state index in [1.807, 2.05) is 73.7 Å². The summed E-state index contributed by atoms with van der Waals surface area (Å²) in [5.41, 5.74) is 2.75. The quantitative estimate of drug-likeness (QED) is 0.776. The molecule has 1 unspecified atom stereocenters. The molecule has 130 valence electrons. The maximum atomic E-state index is 12.6. The van der Waals surface area contributed by atoms with Gasteiger partial charge < -0.3 is 10.2 Å². The van der Waals surface area contributed by atoms with Crippen molar-refractivity contribution in [2.75, 3.05) is 16.8 Å². The molecule has 1 aliphatic heterocycles. The largest absolute Gasteiger partial charge is 0.326 e. The number of hydrogen-bond donors (Lipinski definition) is 1. The highest BCUT2D eigenvalue weighted by Gasteiger charge is 2.35. The first-order chi connectivity index (χ1) is 12.6. The first-order valence-corrected chi connectivity index (χ1v) is 8.77. The zero-order valence-electron chi connectivity index (χ0n) is 14.6. The highest BCUT2D eigenvalue weighted by Crippen LogP contribution is 2.27. The molecule has 4 rings (SSSR count). The lowest BCUT2D eigenvalue weighted by molar-refractivity contribution is -0.122. The summed E-state index contributed by atoms with van der Waals surface area (Å²) in [7, 11) is 0. The summed E-state index contributed by atoms with van der Waals surface area (Å²) < 4.78 is 0. The molecule has 3 aromatic carbocycles. The minimum absolute atomic E-state index is 0.00693. The van der Waals surface area contributed by atoms with Crippen LogP contribution < -0.4 is 10.2 Å². The van der Waals surface area contributed by atoms with Crippen LogP contribution in [0.5, 0.6) is 0 Å². The van der Waals surface area contributed by atoms with E-state index < -0.39 is 0 Å². The summed E-state index contributed by atoms with van der Waals surface area (Å²) in [6, 6.07) is 21.7. The van der Waals surface area contributed by atoms with E-state index in [1.165, 1.54) is 0 Å². The number of anilines is 2. The van der Waals surface area contributed by atoms with Crippen molar-refractivity contribution in [3.05, 3.63) is 72.3 Å². The highest BCUT2D eigenvalue weighted by atomic mass is 16.2. The number of hydrogen-bond acceptors (Lipinski definition) is 2. The third-order valence-corrected chi connectivity index (χ3v) is 4.86. The monoisotopic (exact) mass is 344 g/mol. The Kier molecular flexibility index (Phi) is 4.17. The summed E-state index contributed by atoms with van der Waals surface area (Å²) >= 11 is 0. The fourth-order valence-corrected chi connectivity index (χ4v) is 3.37. The maximum Gasteiger partial charge on any atom is 0.229 e. The Bertz CT molecular complexity index is 979. The van der Waals surface area contributed by atoms with Gasteiger partial charge in [-0.05, 0) is 42.0 Å². The van der Waals surface area contributed by atoms with E-state index in [-0.39, 0.29) is 24.2 Å². The van der Waals surface area contributed by atoms with Crippen LogP contribution >= 0.6 is 0 Å². The van der Waals surface area contributed by atoms with E-state index >= 15 is 0 Å². The standard InChI is InChI=1S/C22H20N2O2/c1-15-6-10-20(11-7-15)24-14-18(13-21(24)25)22(26)23-19-9-8-16-4-2-3-5-17(16)12-19/h2-12,18H,13-14H2,1H3,(H,23,26). The molecule has 0 aromatic heterocycles. The van der Waals surface area contributed by atoms with Gasteiger partial charge in [-0.1, -0.05) is 48.0 Å². The van der Waals surface area contributed by atoms with Gasteiger partial charge in [0.15, 0.2) is 0 Å². The summed E-state index contributed by atoms with van der Waals surface area (Å²) in [5.74, 6) is -0.453. The van der Waals surface area contributed by atoms with Gasteiger partial charge in [-0.3, -0.25) is 9.59 Å². The van der Waals surface area contributed by atoms with E-state index in [2.05, 4.69) is 5.32 Å². The lowest BCUT2D eigenvalue weighted by atomic mass is 10.1. The predicted molar refractivity (Wildman–Crippen MR) is 104 cm³/mol. The molecule has 1 fully saturated rings. The topological polar surface area (TPSA) is 49.4 Å². The van der Waals surface area contributed by atoms with Gasteiger partial charge in [-0.2, -0.15) is 0 Å². The van der Waals surface area contributed by atoms with E-state index in [1.54, 1.807) is 4.90 Å². The minimum atomic E-state index is -0.338. The molecule has 26 heavy (non-hydrogen) atoms. The number of rotatable bonds is 3. The van der Waals surface area contributed by atoms with Crippen LogP contribution in [0.3, 0.4) is 0 Å². The Balaban J connectivity index is 1.48. The van der Waals surface area contributed by atoms with Crippen LogP contribution in [0.1, 0.15) is 12.0 Å². The van der Waals surface area contributed by atoms with Crippen LogP contribution in [-0.4, -0.2) is 18.4 Å². The first kappa shape index (κ1) is 16.3. The minimum Gasteiger partial charge on any atom is -0.326 e. The molecule has 2 amide bonds. The van der Waals surface area contributed by atoms with Gasteiger partial charge >= 0.3 is 0 Å². The Hall–Kier alpha value is -3.14. The average Bonchev–Trinajstić information content (AvgIpc) is 3.04. The smallest absolute Gasteiger partial charge is 0.229 e. The van der Waals surface area contributed by atoms with Crippen molar-refractivity contribution < 1.29 is 9.59 Å². The Morgan fingerprint density at radius 2 is 1.73 bits per heavy atom. The Morgan fingerprint density at radius 3 is 2.50 bits per heavy atom. The van der Waals surface area contributed by atoms with E-state index in [4.69, 9.17) is 0 Å². The van der Waals surface area contributed by atoms with Crippen LogP contribution in [0, 0.1) is 12.8 Å². The fourth-order valence-electron chi connectivity index (χ4n) is 3.37. The van der Waals surface area contributed by atoms with E-state index in [0.29, 0.717) is 6.54 Å². The second-order valence-corrected chi connectivity index (χ2v) is 6.79. The molecule has 4 heteroatoms. The number of amides is 2. The highest BCUT2D eigenvalue weighted by molar-refractivity contribution is 6.04. The Labute approximate surface area is 152 Å². The Morgan fingerprint density at radius 1 is 1.00 bits per heavy atom. The molecular weight excluding hydrogens is 324 g/mol. The molecule has 1 heterocycles. The van der Waals surface area contributed by atoms with Crippen LogP contribution in [0.15, 0.2) is 66.7 Å². The molecule has 4 nitrogen and oxygen atoms in total. The number of carbonyl (C=O) groups is 2. The summed E-state index contributed by atoms with van der Waals surface area (Å²) in [6.07, 6.45) is 0.243. The van der Waals surface area contributed by atoms with Crippen molar-refractivity contribution in [3.8, 4) is 0 Å². The number of nitrogens with one attached hydrogen (secondary N) is 1. The molecule has 0 bridgehead atoms. The van der Waals surface area contributed by atoms with Gasteiger partial charge in [-0.25, -0.2) is 0 Å². The molecule has 1 aliphatic rings. The molecule has 1 N–H and O–H groups in total. The fraction of sp³-hybridized carbons (Fsp3) is 0.182. The molecule has 1 atom stereocenters. The van der Waals surface area contributed by atoms with Crippen molar-refractivity contribution in [2.45, 2.75) is 13.3 Å². The number of nitrogens with zero attached hydrogens (tertiary/aromatic N) is 1. The average molecular weight is 344 g/mol. The third-order valence-electron chi connectivity index (χ3n) is 4.86. The van der Waals surface area contributed by atoms with Gasteiger partial charge in [0.25, 0.3) is 0 Å². The SMILES string of the molecule is Cc1ccc(N2CC(C(=O)Nc3ccc4ccccc4c3)CC2=O)cc1. The summed E-state index contributed by atoms with van der Waals surface area (Å²) in [4.78, 5) is 26.7. The predicted octanol–water partition coefficient (Wildman–Crippen LogP) is 4.14. The molecular formula is C22H20N2O2. The van der Waals surface area contributed by atoms with Gasteiger partial charge in [0.05, 0.1) is 5.92 Å². The zero-order valence-corrected chi connectivity index (χ0v) is 14.6. The van der Waals surface area contributed by atoms with Crippen molar-refractivity contribution in [3.63, 3.8) is 0 Å². The third kappa shape index (κ3) is 3.18. The van der Waals surface area contributed by atoms with Crippen LogP contribution in [0.4, 0.5) is 11.4 Å². The lowest BCUT2D eigenvalue weighted by Crippen LogP contribution is -2.28. The van der Waals surface area contributed by atoms with Crippen molar-refractivity contribution in [1.82, 2.24) is 0 Å². The van der Waals surface area contributed by atoms with Crippen molar-refractivity contribution >= 4 is 34.0 Å². The summed E-state index contributed by atoms with van der Waals surface area (Å²) in [6.45, 7) is 2.43. The van der Waals surface area contributed by atoms with E-state index in [9.17, 15) is 9.59 Å². The van der Waals surface area contributed by atoms with Gasteiger partial charge in [-0.15, -0.1) is 0 Å². The molecule has 1 saturated heterocycles. The maximum absolute atomic E-state index is 12.6. The van der Waals surface area contributed by atoms with Crippen LogP contribution in [-0.2, 0) is 9.59 Å². The van der Waals surface area contributed by atoms with Gasteiger partial charge in [0.1, 0.15) is 0 Å². The second-order valence-electron chi connectivity index (χ2n) is 6.79. The van der Waals surface area contributed by atoms with Crippen LogP contribution in [0.25, 0.3) is 10.8 Å². The second kappa shape index (κ2) is 6.64. The number of aryl methyl sites for hydroxylation is 1. The molecule has 0 saturated carbocycles. The lowest BCUT2D eigenvalue weighted by Gasteiger charge is -2.17. The van der Waals surface area contributed by atoms with Crippen LogP contribution in [0.2, 0.25) is 0 Å². The number of benzene rings is 3. The van der Waals surface area contributed by atoms with E-state index in [0.717, 1.165) is 27.7 Å². The molecule has 0 spiro atoms. The van der Waals surface area contributed by atoms with Crippen molar-refractivity contribution in [2.24, 2.45) is 5.92 Å². The number of carbonyl (C=O) groups excluding carboxylic acids is 2. The molecule has 0 aliphatic carbocycles. The van der Waals surface area contributed by atoms with Gasteiger partial charge in [0.2, 0.25) is 11.8 Å². The zero-order chi connectivity index (χ0) is 18.1. The molecule has 3 aromatic rings. The first-order valence-electron chi connectivity index (χ1n) is 8.77. The normalized spacial score (nSPS) is 16.9. The molecule has 0 radical (unpaired) electrons.